The summed E-state index contributed by atoms with van der Waals surface area (Å²) in [6.45, 7) is 2.61. The first kappa shape index (κ1) is 39.1. The van der Waals surface area contributed by atoms with Gasteiger partial charge in [-0.15, -0.1) is 0 Å². The summed E-state index contributed by atoms with van der Waals surface area (Å²) in [6.07, 6.45) is 0.412. The second-order valence-corrected chi connectivity index (χ2v) is 9.61. The normalized spacial score (nSPS) is 25.7. The van der Waals surface area contributed by atoms with Gasteiger partial charge in [0.2, 0.25) is 41.4 Å². The summed E-state index contributed by atoms with van der Waals surface area (Å²) in [7, 11) is 1.50. The average Bonchev–Trinajstić information content (AvgIpc) is 2.97. The number of hydrogen-bond donors (Lipinski definition) is 11. The Morgan fingerprint density at radius 3 is 1.56 bits per heavy atom. The van der Waals surface area contributed by atoms with Crippen LogP contribution in [0.1, 0.15) is 46.0 Å². The number of carbonyl (C=O) groups excluding carboxylic acids is 7. The molecule has 1 aliphatic heterocycles. The maximum Gasteiger partial charge on any atom is 0.243 e. The zero-order valence-electron chi connectivity index (χ0n) is 25.1. The van der Waals surface area contributed by atoms with Gasteiger partial charge < -0.3 is 60.2 Å². The molecule has 0 radical (unpaired) electrons. The molecule has 1 rings (SSSR count). The Hall–Kier alpha value is -3.87. The van der Waals surface area contributed by atoms with Crippen molar-refractivity contribution in [2.75, 3.05) is 39.8 Å². The molecule has 0 spiro atoms. The van der Waals surface area contributed by atoms with Crippen LogP contribution in [0.3, 0.4) is 0 Å². The van der Waals surface area contributed by atoms with E-state index in [1.807, 2.05) is 0 Å². The Morgan fingerprint density at radius 1 is 0.558 bits per heavy atom. The Labute approximate surface area is 251 Å². The minimum atomic E-state index is -1.14. The molecule has 1 saturated heterocycles. The van der Waals surface area contributed by atoms with Crippen LogP contribution in [-0.2, 0) is 33.6 Å². The molecule has 5 atom stereocenters. The van der Waals surface area contributed by atoms with E-state index < -0.39 is 78.1 Å². The zero-order chi connectivity index (χ0) is 32.9. The van der Waals surface area contributed by atoms with Crippen LogP contribution in [-0.4, -0.2) is 111 Å². The SMILES string of the molecule is CC1NC(=O)CNC(=O)C(CCN)NC(=O)CCCNC(=O)C(C)NC(=O)C(CCN)NC(=O)C(CCN)NC1=O.CN. The fourth-order valence-corrected chi connectivity index (χ4v) is 3.78. The van der Waals surface area contributed by atoms with Gasteiger partial charge in [-0.1, -0.05) is 0 Å². The lowest BCUT2D eigenvalue weighted by atomic mass is 10.1. The van der Waals surface area contributed by atoms with Crippen molar-refractivity contribution in [2.24, 2.45) is 22.9 Å². The summed E-state index contributed by atoms with van der Waals surface area (Å²) in [4.78, 5) is 88.2. The van der Waals surface area contributed by atoms with Gasteiger partial charge in [-0.05, 0) is 66.2 Å². The molecule has 43 heavy (non-hydrogen) atoms. The molecule has 1 fully saturated rings. The maximum atomic E-state index is 13.0. The van der Waals surface area contributed by atoms with E-state index in [1.54, 1.807) is 0 Å². The van der Waals surface area contributed by atoms with E-state index in [0.717, 1.165) is 0 Å². The summed E-state index contributed by atoms with van der Waals surface area (Å²) >= 11 is 0. The van der Waals surface area contributed by atoms with E-state index in [2.05, 4.69) is 43.0 Å². The first-order valence-electron chi connectivity index (χ1n) is 14.2. The van der Waals surface area contributed by atoms with Crippen molar-refractivity contribution in [1.29, 1.82) is 0 Å². The number of amides is 7. The van der Waals surface area contributed by atoms with Crippen LogP contribution in [0.15, 0.2) is 0 Å². The van der Waals surface area contributed by atoms with E-state index in [4.69, 9.17) is 17.2 Å². The lowest BCUT2D eigenvalue weighted by Gasteiger charge is -2.25. The molecule has 0 aromatic heterocycles. The summed E-state index contributed by atoms with van der Waals surface area (Å²) in [5.74, 6) is -4.40. The first-order chi connectivity index (χ1) is 20.4. The summed E-state index contributed by atoms with van der Waals surface area (Å²) in [6, 6.07) is -5.31. The van der Waals surface area contributed by atoms with Crippen molar-refractivity contribution in [3.63, 3.8) is 0 Å². The molecular weight excluding hydrogens is 566 g/mol. The molecule has 0 saturated carbocycles. The Kier molecular flexibility index (Phi) is 19.8. The van der Waals surface area contributed by atoms with Crippen LogP contribution < -0.4 is 60.2 Å². The molecule has 18 heteroatoms. The standard InChI is InChI=1S/C24H44N10O7.CH5N/c1-13-20(37)28-11-3-4-18(35)32-15(5-8-25)22(39)29-12-19(36)30-14(2)21(38)33-17(7-10-27)24(41)34-16(6-9-26)23(40)31-13;1-2/h13-17H,3-12,25-27H2,1-2H3,(H,28,37)(H,29,39)(H,30,36)(H,31,40)(H,32,35)(H,33,38)(H,34,41);2H2,1H3. The maximum absolute atomic E-state index is 13.0. The fourth-order valence-electron chi connectivity index (χ4n) is 3.78. The number of carbonyl (C=O) groups is 7. The van der Waals surface area contributed by atoms with Crippen molar-refractivity contribution in [2.45, 2.75) is 76.2 Å². The molecular formula is C25H49N11O7. The molecule has 18 nitrogen and oxygen atoms in total. The molecule has 15 N–H and O–H groups in total. The molecule has 246 valence electrons. The van der Waals surface area contributed by atoms with E-state index in [9.17, 15) is 33.6 Å². The summed E-state index contributed by atoms with van der Waals surface area (Å²) < 4.78 is 0. The molecule has 0 aromatic rings. The summed E-state index contributed by atoms with van der Waals surface area (Å²) in [5, 5.41) is 17.5. The lowest BCUT2D eigenvalue weighted by Crippen LogP contribution is -2.58. The second-order valence-electron chi connectivity index (χ2n) is 9.61. The van der Waals surface area contributed by atoms with Gasteiger partial charge in [0.05, 0.1) is 6.54 Å². The monoisotopic (exact) mass is 615 g/mol. The number of nitrogens with two attached hydrogens (primary N) is 4. The highest BCUT2D eigenvalue weighted by Gasteiger charge is 2.29. The topological polar surface area (TPSA) is 308 Å². The second kappa shape index (κ2) is 21.8. The highest BCUT2D eigenvalue weighted by molar-refractivity contribution is 5.96. The molecule has 0 aliphatic carbocycles. The van der Waals surface area contributed by atoms with Crippen molar-refractivity contribution in [1.82, 2.24) is 37.2 Å². The first-order valence-corrected chi connectivity index (χ1v) is 14.2. The fraction of sp³-hybridized carbons (Fsp3) is 0.720. The minimum Gasteiger partial charge on any atom is -0.354 e. The van der Waals surface area contributed by atoms with E-state index >= 15 is 0 Å². The third-order valence-electron chi connectivity index (χ3n) is 6.11. The van der Waals surface area contributed by atoms with Crippen LogP contribution in [0.25, 0.3) is 0 Å². The van der Waals surface area contributed by atoms with E-state index in [1.165, 1.54) is 20.9 Å². The Morgan fingerprint density at radius 2 is 1.02 bits per heavy atom. The average molecular weight is 616 g/mol. The number of hydrogen-bond acceptors (Lipinski definition) is 11. The molecule has 7 amide bonds. The quantitative estimate of drug-likeness (QED) is 0.134. The number of rotatable bonds is 6. The predicted molar refractivity (Wildman–Crippen MR) is 157 cm³/mol. The van der Waals surface area contributed by atoms with Gasteiger partial charge in [0, 0.05) is 13.0 Å². The Balaban J connectivity index is 0.00000862. The van der Waals surface area contributed by atoms with Crippen LogP contribution in [0, 0.1) is 0 Å². The highest BCUT2D eigenvalue weighted by Crippen LogP contribution is 2.00. The van der Waals surface area contributed by atoms with Gasteiger partial charge in [-0.2, -0.15) is 0 Å². The van der Waals surface area contributed by atoms with E-state index in [0.29, 0.717) is 0 Å². The predicted octanol–water partition coefficient (Wildman–Crippen LogP) is -5.90. The van der Waals surface area contributed by atoms with Crippen molar-refractivity contribution in [3.05, 3.63) is 0 Å². The van der Waals surface area contributed by atoms with Crippen molar-refractivity contribution < 1.29 is 33.6 Å². The number of nitrogens with one attached hydrogen (secondary N) is 7. The molecule has 0 bridgehead atoms. The molecule has 1 aliphatic rings. The Bertz CT molecular complexity index is 951. The van der Waals surface area contributed by atoms with Gasteiger partial charge in [0.15, 0.2) is 0 Å². The zero-order valence-corrected chi connectivity index (χ0v) is 25.1. The van der Waals surface area contributed by atoms with Crippen LogP contribution in [0.5, 0.6) is 0 Å². The van der Waals surface area contributed by atoms with Gasteiger partial charge >= 0.3 is 0 Å². The van der Waals surface area contributed by atoms with Crippen LogP contribution >= 0.6 is 0 Å². The van der Waals surface area contributed by atoms with Gasteiger partial charge in [-0.3, -0.25) is 33.6 Å². The van der Waals surface area contributed by atoms with Gasteiger partial charge in [0.25, 0.3) is 0 Å². The lowest BCUT2D eigenvalue weighted by molar-refractivity contribution is -0.134. The highest BCUT2D eigenvalue weighted by atomic mass is 16.2. The molecule has 1 heterocycles. The van der Waals surface area contributed by atoms with Crippen molar-refractivity contribution in [3.8, 4) is 0 Å². The minimum absolute atomic E-state index is 0.0168. The van der Waals surface area contributed by atoms with E-state index in [-0.39, 0.29) is 58.3 Å². The van der Waals surface area contributed by atoms with Gasteiger partial charge in [0.1, 0.15) is 30.2 Å². The van der Waals surface area contributed by atoms with Crippen LogP contribution in [0.2, 0.25) is 0 Å². The molecule has 0 aromatic carbocycles. The third kappa shape index (κ3) is 15.3. The smallest absolute Gasteiger partial charge is 0.243 e. The van der Waals surface area contributed by atoms with Gasteiger partial charge in [-0.25, -0.2) is 0 Å². The summed E-state index contributed by atoms with van der Waals surface area (Å²) in [5.41, 5.74) is 21.3. The van der Waals surface area contributed by atoms with Crippen molar-refractivity contribution >= 4 is 41.4 Å². The molecule has 5 unspecified atom stereocenters. The largest absolute Gasteiger partial charge is 0.354 e. The third-order valence-corrected chi connectivity index (χ3v) is 6.11. The van der Waals surface area contributed by atoms with Crippen LogP contribution in [0.4, 0.5) is 0 Å².